The molecule has 0 aliphatic heterocycles. The highest BCUT2D eigenvalue weighted by Crippen LogP contribution is 2.33. The minimum Gasteiger partial charge on any atom is -0.492 e. The number of aryl methyl sites for hydroxylation is 1. The number of fused-ring (bicyclic) bond motifs is 1. The molecule has 0 fully saturated rings. The number of ether oxygens (including phenoxy) is 2. The van der Waals surface area contributed by atoms with Crippen molar-refractivity contribution in [2.75, 3.05) is 32.6 Å². The van der Waals surface area contributed by atoms with Crippen molar-refractivity contribution in [1.29, 1.82) is 0 Å². The highest BCUT2D eigenvalue weighted by Gasteiger charge is 2.19. The van der Waals surface area contributed by atoms with Gasteiger partial charge in [-0.1, -0.05) is 6.07 Å². The van der Waals surface area contributed by atoms with Gasteiger partial charge in [-0.3, -0.25) is 4.79 Å². The van der Waals surface area contributed by atoms with Crippen LogP contribution >= 0.6 is 12.4 Å². The number of benzene rings is 2. The summed E-state index contributed by atoms with van der Waals surface area (Å²) in [6.07, 6.45) is 3.81. The molecule has 0 bridgehead atoms. The van der Waals surface area contributed by atoms with Gasteiger partial charge in [0.25, 0.3) is 5.91 Å². The van der Waals surface area contributed by atoms with E-state index in [1.165, 1.54) is 23.0 Å². The van der Waals surface area contributed by atoms with Gasteiger partial charge in [-0.2, -0.15) is 10.1 Å². The van der Waals surface area contributed by atoms with Crippen LogP contribution in [0.5, 0.6) is 17.4 Å². The van der Waals surface area contributed by atoms with E-state index in [-0.39, 0.29) is 29.7 Å². The van der Waals surface area contributed by atoms with Crippen LogP contribution < -0.4 is 14.8 Å². The van der Waals surface area contributed by atoms with Gasteiger partial charge in [-0.05, 0) is 51.7 Å². The van der Waals surface area contributed by atoms with Crippen LogP contribution in [-0.2, 0) is 0 Å². The Kier molecular flexibility index (Phi) is 8.95. The maximum absolute atomic E-state index is 14.8. The van der Waals surface area contributed by atoms with E-state index in [4.69, 9.17) is 9.47 Å². The summed E-state index contributed by atoms with van der Waals surface area (Å²) in [5.74, 6) is -3.36. The zero-order chi connectivity index (χ0) is 25.8. The molecule has 4 aromatic rings. The molecule has 8 nitrogen and oxygen atoms in total. The standard InChI is InChI=1S/C25H24F3N5O3.ClH/c1-15-21(35-11-5-10-32(2)3)13-33-23(15)25(29-14-30-33)36-20-9-8-16(12-19(20)28)31-24(34)22-17(26)6-4-7-18(22)27;/h4,6-9,12-14H,5,10-11H2,1-3H3,(H,31,34);1H. The summed E-state index contributed by atoms with van der Waals surface area (Å²) in [5.41, 5.74) is 0.469. The number of nitrogens with one attached hydrogen (secondary N) is 1. The van der Waals surface area contributed by atoms with Gasteiger partial charge in [0.05, 0.1) is 12.8 Å². The topological polar surface area (TPSA) is 81.0 Å². The molecule has 0 radical (unpaired) electrons. The number of carbonyl (C=O) groups excluding carboxylic acids is 1. The minimum atomic E-state index is -1.04. The fraction of sp³-hybridized carbons (Fsp3) is 0.240. The molecule has 1 N–H and O–H groups in total. The average Bonchev–Trinajstić information content (AvgIpc) is 3.14. The Morgan fingerprint density at radius 1 is 1.08 bits per heavy atom. The molecule has 0 saturated heterocycles. The number of amides is 1. The first-order valence-corrected chi connectivity index (χ1v) is 11.1. The number of hydrogen-bond acceptors (Lipinski definition) is 6. The van der Waals surface area contributed by atoms with Gasteiger partial charge in [0, 0.05) is 23.9 Å². The highest BCUT2D eigenvalue weighted by molar-refractivity contribution is 6.04. The molecule has 12 heteroatoms. The molecular weight excluding hydrogens is 511 g/mol. The highest BCUT2D eigenvalue weighted by atomic mass is 35.5. The van der Waals surface area contributed by atoms with Crippen LogP contribution in [0.25, 0.3) is 5.52 Å². The second kappa shape index (κ2) is 11.9. The van der Waals surface area contributed by atoms with Crippen molar-refractivity contribution in [1.82, 2.24) is 19.5 Å². The second-order valence-electron chi connectivity index (χ2n) is 8.28. The first kappa shape index (κ1) is 27.8. The predicted octanol–water partition coefficient (Wildman–Crippen LogP) is 5.25. The van der Waals surface area contributed by atoms with Crippen molar-refractivity contribution in [2.45, 2.75) is 13.3 Å². The monoisotopic (exact) mass is 535 g/mol. The molecule has 0 unspecified atom stereocenters. The summed E-state index contributed by atoms with van der Waals surface area (Å²) in [4.78, 5) is 18.5. The Balaban J connectivity index is 0.00000380. The maximum atomic E-state index is 14.8. The smallest absolute Gasteiger partial charge is 0.261 e. The van der Waals surface area contributed by atoms with E-state index < -0.39 is 28.9 Å². The number of anilines is 1. The van der Waals surface area contributed by atoms with Gasteiger partial charge in [0.15, 0.2) is 11.6 Å². The lowest BCUT2D eigenvalue weighted by Crippen LogP contribution is -2.16. The molecule has 0 spiro atoms. The van der Waals surface area contributed by atoms with Crippen LogP contribution in [0, 0.1) is 24.4 Å². The van der Waals surface area contributed by atoms with Crippen LogP contribution in [0.2, 0.25) is 0 Å². The van der Waals surface area contributed by atoms with Crippen LogP contribution in [0.3, 0.4) is 0 Å². The second-order valence-corrected chi connectivity index (χ2v) is 8.28. The van der Waals surface area contributed by atoms with Gasteiger partial charge >= 0.3 is 0 Å². The molecule has 0 aliphatic carbocycles. The summed E-state index contributed by atoms with van der Waals surface area (Å²) in [6.45, 7) is 3.22. The quantitative estimate of drug-likeness (QED) is 0.295. The Labute approximate surface area is 217 Å². The number of hydrogen-bond donors (Lipinski definition) is 1. The summed E-state index contributed by atoms with van der Waals surface area (Å²) in [5, 5.41) is 6.45. The van der Waals surface area contributed by atoms with Crippen LogP contribution in [0.15, 0.2) is 48.9 Å². The third-order valence-corrected chi connectivity index (χ3v) is 5.34. The van der Waals surface area contributed by atoms with Crippen molar-refractivity contribution in [3.8, 4) is 17.4 Å². The third-order valence-electron chi connectivity index (χ3n) is 5.34. The summed E-state index contributed by atoms with van der Waals surface area (Å²) < 4.78 is 55.6. The Bertz CT molecular complexity index is 1390. The third kappa shape index (κ3) is 6.30. The van der Waals surface area contributed by atoms with E-state index in [9.17, 15) is 18.0 Å². The van der Waals surface area contributed by atoms with Gasteiger partial charge in [-0.15, -0.1) is 12.4 Å². The molecule has 0 saturated carbocycles. The largest absolute Gasteiger partial charge is 0.492 e. The number of aromatic nitrogens is 3. The van der Waals surface area contributed by atoms with E-state index in [1.54, 1.807) is 6.20 Å². The van der Waals surface area contributed by atoms with Gasteiger partial charge < -0.3 is 19.7 Å². The van der Waals surface area contributed by atoms with E-state index >= 15 is 0 Å². The minimum absolute atomic E-state index is 0. The number of carbonyl (C=O) groups is 1. The fourth-order valence-corrected chi connectivity index (χ4v) is 3.56. The lowest BCUT2D eigenvalue weighted by atomic mass is 10.1. The van der Waals surface area contributed by atoms with E-state index in [2.05, 4.69) is 20.3 Å². The number of halogens is 4. The van der Waals surface area contributed by atoms with Crippen LogP contribution in [0.1, 0.15) is 22.3 Å². The molecule has 0 aliphatic rings. The number of rotatable bonds is 9. The number of nitrogens with zero attached hydrogens (tertiary/aromatic N) is 4. The van der Waals surface area contributed by atoms with E-state index in [0.717, 1.165) is 42.8 Å². The van der Waals surface area contributed by atoms with Crippen molar-refractivity contribution < 1.29 is 27.4 Å². The summed E-state index contributed by atoms with van der Waals surface area (Å²) >= 11 is 0. The van der Waals surface area contributed by atoms with Crippen molar-refractivity contribution >= 4 is 29.5 Å². The van der Waals surface area contributed by atoms with Gasteiger partial charge in [0.2, 0.25) is 5.88 Å². The lowest BCUT2D eigenvalue weighted by molar-refractivity contribution is 0.101. The zero-order valence-corrected chi connectivity index (χ0v) is 21.1. The lowest BCUT2D eigenvalue weighted by Gasteiger charge is -2.11. The van der Waals surface area contributed by atoms with Crippen molar-refractivity contribution in [3.63, 3.8) is 0 Å². The Morgan fingerprint density at radius 2 is 1.81 bits per heavy atom. The summed E-state index contributed by atoms with van der Waals surface area (Å²) in [7, 11) is 3.97. The average molecular weight is 536 g/mol. The first-order chi connectivity index (χ1) is 17.2. The van der Waals surface area contributed by atoms with E-state index in [0.29, 0.717) is 17.9 Å². The maximum Gasteiger partial charge on any atom is 0.261 e. The Hall–Kier alpha value is -3.83. The van der Waals surface area contributed by atoms with Gasteiger partial charge in [0.1, 0.15) is 34.8 Å². The fourth-order valence-electron chi connectivity index (χ4n) is 3.56. The normalized spacial score (nSPS) is 10.9. The Morgan fingerprint density at radius 3 is 2.49 bits per heavy atom. The predicted molar refractivity (Wildman–Crippen MR) is 134 cm³/mol. The van der Waals surface area contributed by atoms with Crippen LogP contribution in [-0.4, -0.2) is 52.7 Å². The molecule has 2 aromatic carbocycles. The SMILES string of the molecule is Cc1c(OCCCN(C)C)cn2ncnc(Oc3ccc(NC(=O)c4c(F)cccc4F)cc3F)c12.Cl. The summed E-state index contributed by atoms with van der Waals surface area (Å²) in [6, 6.07) is 6.67. The van der Waals surface area contributed by atoms with E-state index in [1.807, 2.05) is 21.0 Å². The molecule has 4 rings (SSSR count). The molecular formula is C25H25ClF3N5O3. The van der Waals surface area contributed by atoms with Crippen molar-refractivity contribution in [2.24, 2.45) is 0 Å². The van der Waals surface area contributed by atoms with Gasteiger partial charge in [-0.25, -0.2) is 17.7 Å². The first-order valence-electron chi connectivity index (χ1n) is 11.1. The molecule has 37 heavy (non-hydrogen) atoms. The molecule has 0 atom stereocenters. The zero-order valence-electron chi connectivity index (χ0n) is 20.3. The van der Waals surface area contributed by atoms with Crippen LogP contribution in [0.4, 0.5) is 18.9 Å². The van der Waals surface area contributed by atoms with Crippen molar-refractivity contribution in [3.05, 3.63) is 77.5 Å². The molecule has 1 amide bonds. The molecule has 2 aromatic heterocycles. The molecule has 196 valence electrons. The molecule has 2 heterocycles.